The number of ether oxygens (including phenoxy) is 2. The van der Waals surface area contributed by atoms with E-state index < -0.39 is 0 Å². The molecule has 0 bridgehead atoms. The Morgan fingerprint density at radius 2 is 0.652 bits per heavy atom. The number of esters is 2. The van der Waals surface area contributed by atoms with Crippen LogP contribution in [0.4, 0.5) is 0 Å². The highest BCUT2D eigenvalue weighted by Crippen LogP contribution is 2.22. The second-order valence-corrected chi connectivity index (χ2v) is 13.8. The molecule has 2 atom stereocenters. The lowest BCUT2D eigenvalue weighted by Crippen LogP contribution is -2.23. The molecule has 1 aromatic rings. The van der Waals surface area contributed by atoms with Crippen LogP contribution in [0.5, 0.6) is 0 Å². The van der Waals surface area contributed by atoms with Crippen LogP contribution in [-0.2, 0) is 9.47 Å². The summed E-state index contributed by atoms with van der Waals surface area (Å²) in [5.41, 5.74) is 0.696. The predicted molar refractivity (Wildman–Crippen MR) is 197 cm³/mol. The molecular weight excluding hydrogens is 568 g/mol. The van der Waals surface area contributed by atoms with Crippen molar-refractivity contribution in [1.29, 1.82) is 0 Å². The van der Waals surface area contributed by atoms with Crippen LogP contribution in [-0.4, -0.2) is 24.1 Å². The van der Waals surface area contributed by atoms with E-state index in [1.165, 1.54) is 128 Å². The quantitative estimate of drug-likeness (QED) is 0.0579. The number of carbonyl (C=O) groups excluding carboxylic acids is 2. The Morgan fingerprint density at radius 1 is 0.413 bits per heavy atom. The Labute approximate surface area is 285 Å². The van der Waals surface area contributed by atoms with Crippen molar-refractivity contribution in [3.63, 3.8) is 0 Å². The molecule has 1 aromatic carbocycles. The van der Waals surface area contributed by atoms with Crippen molar-refractivity contribution in [2.75, 3.05) is 0 Å². The SMILES string of the molecule is CCCCCCCCCC(CCCCCCC)OC(=O)c1ccccc1C(=O)OC(CCCCCCC)CCCCCCCCC. The summed E-state index contributed by atoms with van der Waals surface area (Å²) in [5.74, 6) is -0.755. The van der Waals surface area contributed by atoms with Gasteiger partial charge in [-0.05, 0) is 63.5 Å². The molecular formula is C42H74O4. The number of rotatable bonds is 32. The van der Waals surface area contributed by atoms with Gasteiger partial charge >= 0.3 is 11.9 Å². The first-order chi connectivity index (χ1) is 22.6. The first-order valence-electron chi connectivity index (χ1n) is 20.1. The maximum absolute atomic E-state index is 13.6. The van der Waals surface area contributed by atoms with Crippen molar-refractivity contribution in [2.24, 2.45) is 0 Å². The van der Waals surface area contributed by atoms with Gasteiger partial charge in [0.2, 0.25) is 0 Å². The Bertz CT molecular complexity index is 781. The minimum absolute atomic E-state index is 0.0953. The third kappa shape index (κ3) is 21.9. The Hall–Kier alpha value is -1.84. The minimum atomic E-state index is -0.378. The molecule has 0 saturated carbocycles. The van der Waals surface area contributed by atoms with Crippen LogP contribution in [0.1, 0.15) is 228 Å². The first-order valence-corrected chi connectivity index (χ1v) is 20.1. The van der Waals surface area contributed by atoms with Crippen LogP contribution in [0.3, 0.4) is 0 Å². The molecule has 46 heavy (non-hydrogen) atoms. The third-order valence-electron chi connectivity index (χ3n) is 9.43. The van der Waals surface area contributed by atoms with E-state index in [0.29, 0.717) is 11.1 Å². The molecule has 4 nitrogen and oxygen atoms in total. The van der Waals surface area contributed by atoms with Gasteiger partial charge in [-0.25, -0.2) is 9.59 Å². The molecule has 0 aliphatic carbocycles. The fourth-order valence-corrected chi connectivity index (χ4v) is 6.40. The summed E-state index contributed by atoms with van der Waals surface area (Å²) < 4.78 is 12.3. The largest absolute Gasteiger partial charge is 0.459 e. The summed E-state index contributed by atoms with van der Waals surface area (Å²) in [5, 5.41) is 0. The van der Waals surface area contributed by atoms with Gasteiger partial charge in [-0.2, -0.15) is 0 Å². The van der Waals surface area contributed by atoms with Gasteiger partial charge in [0.25, 0.3) is 0 Å². The van der Waals surface area contributed by atoms with Crippen LogP contribution in [0, 0.1) is 0 Å². The summed E-state index contributed by atoms with van der Waals surface area (Å²) in [4.78, 5) is 27.1. The van der Waals surface area contributed by atoms with Crippen molar-refractivity contribution in [2.45, 2.75) is 220 Å². The number of benzene rings is 1. The lowest BCUT2D eigenvalue weighted by Gasteiger charge is -2.21. The zero-order valence-corrected chi connectivity index (χ0v) is 30.9. The average molecular weight is 643 g/mol. The normalized spacial score (nSPS) is 12.6. The van der Waals surface area contributed by atoms with Crippen LogP contribution in [0.15, 0.2) is 24.3 Å². The van der Waals surface area contributed by atoms with E-state index in [0.717, 1.165) is 51.4 Å². The number of carbonyl (C=O) groups is 2. The monoisotopic (exact) mass is 643 g/mol. The maximum Gasteiger partial charge on any atom is 0.339 e. The number of hydrogen-bond donors (Lipinski definition) is 0. The van der Waals surface area contributed by atoms with Gasteiger partial charge in [0.1, 0.15) is 12.2 Å². The summed E-state index contributed by atoms with van der Waals surface area (Å²) in [6, 6.07) is 7.13. The van der Waals surface area contributed by atoms with E-state index in [2.05, 4.69) is 27.7 Å². The molecule has 4 heteroatoms. The van der Waals surface area contributed by atoms with Crippen LogP contribution >= 0.6 is 0 Å². The number of unbranched alkanes of at least 4 members (excludes halogenated alkanes) is 20. The fraction of sp³-hybridized carbons (Fsp3) is 0.810. The average Bonchev–Trinajstić information content (AvgIpc) is 3.06. The standard InChI is InChI=1S/C42H74O4/c1-5-9-13-17-19-23-27-33-37(31-25-21-15-11-7-3)45-41(43)39-35-29-30-36-40(39)42(44)46-38(32-26-22-16-12-8-4)34-28-24-20-18-14-10-6-2/h29-30,35-38H,5-28,31-34H2,1-4H3. The van der Waals surface area contributed by atoms with Gasteiger partial charge in [0.15, 0.2) is 0 Å². The Kier molecular flexibility index (Phi) is 28.0. The zero-order chi connectivity index (χ0) is 33.5. The molecule has 266 valence electrons. The summed E-state index contributed by atoms with van der Waals surface area (Å²) >= 11 is 0. The molecule has 0 aliphatic heterocycles. The van der Waals surface area contributed by atoms with E-state index >= 15 is 0 Å². The van der Waals surface area contributed by atoms with Gasteiger partial charge in [-0.1, -0.05) is 168 Å². The van der Waals surface area contributed by atoms with Crippen molar-refractivity contribution in [3.8, 4) is 0 Å². The van der Waals surface area contributed by atoms with Gasteiger partial charge in [-0.3, -0.25) is 0 Å². The molecule has 0 spiro atoms. The zero-order valence-electron chi connectivity index (χ0n) is 30.9. The van der Waals surface area contributed by atoms with Crippen LogP contribution in [0.25, 0.3) is 0 Å². The van der Waals surface area contributed by atoms with Gasteiger partial charge < -0.3 is 9.47 Å². The smallest absolute Gasteiger partial charge is 0.339 e. The molecule has 0 aliphatic rings. The van der Waals surface area contributed by atoms with Gasteiger partial charge in [0.05, 0.1) is 11.1 Å². The predicted octanol–water partition coefficient (Wildman–Crippen LogP) is 13.7. The van der Waals surface area contributed by atoms with Gasteiger partial charge in [-0.15, -0.1) is 0 Å². The summed E-state index contributed by atoms with van der Waals surface area (Å²) in [6.07, 6.45) is 32.8. The third-order valence-corrected chi connectivity index (χ3v) is 9.43. The molecule has 2 unspecified atom stereocenters. The first kappa shape index (κ1) is 42.2. The lowest BCUT2D eigenvalue weighted by molar-refractivity contribution is 0.0201. The topological polar surface area (TPSA) is 52.6 Å². The van der Waals surface area contributed by atoms with Gasteiger partial charge in [0, 0.05) is 0 Å². The Morgan fingerprint density at radius 3 is 0.913 bits per heavy atom. The molecule has 0 N–H and O–H groups in total. The lowest BCUT2D eigenvalue weighted by atomic mass is 10.0. The van der Waals surface area contributed by atoms with Crippen LogP contribution in [0.2, 0.25) is 0 Å². The highest BCUT2D eigenvalue weighted by atomic mass is 16.5. The van der Waals surface area contributed by atoms with E-state index in [4.69, 9.17) is 9.47 Å². The maximum atomic E-state index is 13.6. The molecule has 0 saturated heterocycles. The van der Waals surface area contributed by atoms with E-state index in [1.54, 1.807) is 12.1 Å². The number of hydrogen-bond acceptors (Lipinski definition) is 4. The van der Waals surface area contributed by atoms with E-state index in [9.17, 15) is 9.59 Å². The summed E-state index contributed by atoms with van der Waals surface area (Å²) in [6.45, 7) is 8.98. The van der Waals surface area contributed by atoms with Crippen molar-refractivity contribution < 1.29 is 19.1 Å². The molecule has 1 rings (SSSR count). The second kappa shape index (κ2) is 30.5. The second-order valence-electron chi connectivity index (χ2n) is 13.8. The van der Waals surface area contributed by atoms with E-state index in [1.807, 2.05) is 12.1 Å². The van der Waals surface area contributed by atoms with Crippen molar-refractivity contribution in [1.82, 2.24) is 0 Å². The van der Waals surface area contributed by atoms with Crippen molar-refractivity contribution >= 4 is 11.9 Å². The highest BCUT2D eigenvalue weighted by molar-refractivity contribution is 6.03. The van der Waals surface area contributed by atoms with Crippen molar-refractivity contribution in [3.05, 3.63) is 35.4 Å². The Balaban J connectivity index is 2.82. The van der Waals surface area contributed by atoms with Crippen LogP contribution < -0.4 is 0 Å². The highest BCUT2D eigenvalue weighted by Gasteiger charge is 2.24. The minimum Gasteiger partial charge on any atom is -0.459 e. The fourth-order valence-electron chi connectivity index (χ4n) is 6.40. The molecule has 0 fully saturated rings. The molecule has 0 aromatic heterocycles. The molecule has 0 heterocycles. The van der Waals surface area contributed by atoms with E-state index in [-0.39, 0.29) is 24.1 Å². The molecule has 0 radical (unpaired) electrons. The summed E-state index contributed by atoms with van der Waals surface area (Å²) in [7, 11) is 0. The molecule has 0 amide bonds.